The molecule has 0 saturated heterocycles. The number of aromatic nitrogens is 1. The van der Waals surface area contributed by atoms with Crippen LogP contribution < -0.4 is 0 Å². The summed E-state index contributed by atoms with van der Waals surface area (Å²) in [7, 11) is 1.73. The van der Waals surface area contributed by atoms with Crippen LogP contribution in [0.3, 0.4) is 0 Å². The normalized spacial score (nSPS) is 31.3. The average molecular weight is 413 g/mol. The second-order valence-electron chi connectivity index (χ2n) is 6.36. The Balaban J connectivity index is 1.88. The Labute approximate surface area is 172 Å². The third-order valence-corrected chi connectivity index (χ3v) is 5.71. The van der Waals surface area contributed by atoms with Crippen molar-refractivity contribution in [3.63, 3.8) is 0 Å². The first-order valence-electron chi connectivity index (χ1n) is 13.4. The van der Waals surface area contributed by atoms with Gasteiger partial charge in [0.2, 0.25) is 5.91 Å². The van der Waals surface area contributed by atoms with Gasteiger partial charge in [-0.1, -0.05) is 18.2 Å². The summed E-state index contributed by atoms with van der Waals surface area (Å²) in [6.07, 6.45) is 2.09. The molecule has 0 fully saturated rings. The molecule has 1 aliphatic carbocycles. The molecule has 1 aromatic carbocycles. The van der Waals surface area contributed by atoms with Gasteiger partial charge in [0.25, 0.3) is 0 Å². The maximum atomic E-state index is 13.7. The summed E-state index contributed by atoms with van der Waals surface area (Å²) in [5.41, 5.74) is 3.05. The van der Waals surface area contributed by atoms with Crippen LogP contribution in [0.5, 0.6) is 0 Å². The Kier molecular flexibility index (Phi) is 2.11. The molecule has 1 aromatic heterocycles. The van der Waals surface area contributed by atoms with E-state index in [1.54, 1.807) is 19.2 Å². The van der Waals surface area contributed by atoms with Crippen LogP contribution in [0.15, 0.2) is 28.9 Å². The molecule has 0 unspecified atom stereocenters. The summed E-state index contributed by atoms with van der Waals surface area (Å²) < 4.78 is 87.0. The van der Waals surface area contributed by atoms with E-state index in [9.17, 15) is 4.79 Å². The highest BCUT2D eigenvalue weighted by Gasteiger charge is 2.37. The quantitative estimate of drug-likeness (QED) is 0.834. The number of benzene rings is 1. The van der Waals surface area contributed by atoms with Gasteiger partial charge in [-0.15, -0.1) is 0 Å². The van der Waals surface area contributed by atoms with Crippen molar-refractivity contribution in [3.05, 3.63) is 40.0 Å². The molecule has 132 valence electrons. The van der Waals surface area contributed by atoms with E-state index in [1.807, 2.05) is 4.90 Å². The fourth-order valence-corrected chi connectivity index (χ4v) is 4.46. The molecule has 2 atom stereocenters. The predicted octanol–water partition coefficient (Wildman–Crippen LogP) is 3.67. The molecule has 0 bridgehead atoms. The molecule has 2 heterocycles. The SMILES string of the molecule is [2H]c1cc2c3c(c(Br)[nH]c3c1)C[C@@H]1C2=C[C@@H](C(=O)N(C([2H])([2H])C([2H])([2H])[2H])C([2H])([2H])C([2H])([2H])[2H])CN1C. The van der Waals surface area contributed by atoms with E-state index >= 15 is 0 Å². The number of halogens is 1. The number of amides is 1. The molecule has 2 aromatic rings. The maximum Gasteiger partial charge on any atom is 0.230 e. The van der Waals surface area contributed by atoms with Gasteiger partial charge >= 0.3 is 0 Å². The lowest BCUT2D eigenvalue weighted by atomic mass is 9.79. The first-order valence-corrected chi connectivity index (χ1v) is 8.65. The van der Waals surface area contributed by atoms with E-state index in [1.165, 1.54) is 6.08 Å². The summed E-state index contributed by atoms with van der Waals surface area (Å²) in [5.74, 6) is -2.51. The number of aromatic amines is 1. The number of rotatable bonds is 3. The largest absolute Gasteiger partial charge is 0.349 e. The zero-order valence-electron chi connectivity index (χ0n) is 24.5. The van der Waals surface area contributed by atoms with Crippen molar-refractivity contribution in [2.75, 3.05) is 26.6 Å². The van der Waals surface area contributed by atoms with Gasteiger partial charge in [-0.3, -0.25) is 9.69 Å². The standard InChI is InChI=1S/C20H24BrN3O/c1-4-24(5-2)20(25)12-9-14-13-7-6-8-16-18(13)15(19(21)22-16)10-17(14)23(3)11-12/h6-9,12,17,22H,4-5,10-11H2,1-3H3/t12-,17-/m1/s1/i1D3,2D3,4D2,5D2,6D. The maximum absolute atomic E-state index is 13.7. The van der Waals surface area contributed by atoms with Gasteiger partial charge in [0.1, 0.15) is 0 Å². The molecule has 5 heteroatoms. The van der Waals surface area contributed by atoms with Gasteiger partial charge in [0, 0.05) is 50.2 Å². The number of hydrogen-bond acceptors (Lipinski definition) is 2. The molecule has 0 radical (unpaired) electrons. The van der Waals surface area contributed by atoms with E-state index in [-0.39, 0.29) is 23.5 Å². The number of H-pyrrole nitrogens is 1. The fraction of sp³-hybridized carbons (Fsp3) is 0.450. The summed E-state index contributed by atoms with van der Waals surface area (Å²) in [6, 6.07) is 3.31. The first kappa shape index (κ1) is 8.40. The number of fused-ring (bicyclic) bond motifs is 2. The van der Waals surface area contributed by atoms with E-state index in [4.69, 9.17) is 15.1 Å². The van der Waals surface area contributed by atoms with Gasteiger partial charge in [-0.25, -0.2) is 0 Å². The van der Waals surface area contributed by atoms with E-state index in [0.717, 1.165) is 15.6 Å². The van der Waals surface area contributed by atoms with Crippen molar-refractivity contribution >= 4 is 38.3 Å². The van der Waals surface area contributed by atoms with Crippen LogP contribution in [0.4, 0.5) is 0 Å². The van der Waals surface area contributed by atoms with Gasteiger partial charge in [0.05, 0.1) is 11.9 Å². The highest BCUT2D eigenvalue weighted by Crippen LogP contribution is 2.43. The van der Waals surface area contributed by atoms with Crippen LogP contribution in [0, 0.1) is 5.92 Å². The molecule has 0 spiro atoms. The molecule has 4 rings (SSSR count). The molecular formula is C20H24BrN3O. The molecule has 0 saturated carbocycles. The van der Waals surface area contributed by atoms with E-state index < -0.39 is 38.5 Å². The van der Waals surface area contributed by atoms with Crippen LogP contribution >= 0.6 is 15.9 Å². The van der Waals surface area contributed by atoms with Crippen LogP contribution in [0.2, 0.25) is 0 Å². The molecule has 1 N–H and O–H groups in total. The van der Waals surface area contributed by atoms with Crippen molar-refractivity contribution in [2.24, 2.45) is 5.92 Å². The summed E-state index contributed by atoms with van der Waals surface area (Å²) in [5, 5.41) is 0.856. The lowest BCUT2D eigenvalue weighted by Crippen LogP contribution is -2.47. The van der Waals surface area contributed by atoms with E-state index in [2.05, 4.69) is 20.9 Å². The van der Waals surface area contributed by atoms with Gasteiger partial charge in [-0.2, -0.15) is 0 Å². The highest BCUT2D eigenvalue weighted by molar-refractivity contribution is 9.10. The van der Waals surface area contributed by atoms with Crippen LogP contribution in [0.25, 0.3) is 16.5 Å². The molecule has 25 heavy (non-hydrogen) atoms. The lowest BCUT2D eigenvalue weighted by Gasteiger charge is -2.40. The summed E-state index contributed by atoms with van der Waals surface area (Å²) in [6.45, 7) is -14.2. The molecule has 4 nitrogen and oxygen atoms in total. The van der Waals surface area contributed by atoms with Gasteiger partial charge < -0.3 is 9.88 Å². The minimum atomic E-state index is -3.60. The fourth-order valence-electron chi connectivity index (χ4n) is 3.88. The van der Waals surface area contributed by atoms with Crippen LogP contribution in [0.1, 0.15) is 39.9 Å². The minimum absolute atomic E-state index is 0.0151. The van der Waals surface area contributed by atoms with Crippen molar-refractivity contribution in [2.45, 2.75) is 26.2 Å². The number of nitrogens with one attached hydrogen (secondary N) is 1. The Hall–Kier alpha value is -1.59. The van der Waals surface area contributed by atoms with Crippen LogP contribution in [-0.2, 0) is 11.2 Å². The molecule has 1 aliphatic heterocycles. The number of carbonyl (C=O) groups is 1. The zero-order valence-corrected chi connectivity index (χ0v) is 15.1. The zero-order chi connectivity index (χ0) is 27.2. The average Bonchev–Trinajstić information content (AvgIpc) is 3.02. The number of hydrogen-bond donors (Lipinski definition) is 1. The monoisotopic (exact) mass is 412 g/mol. The Bertz CT molecular complexity index is 1240. The minimum Gasteiger partial charge on any atom is -0.349 e. The van der Waals surface area contributed by atoms with Crippen molar-refractivity contribution in [3.8, 4) is 0 Å². The summed E-state index contributed by atoms with van der Waals surface area (Å²) in [4.78, 5) is 18.4. The van der Waals surface area contributed by atoms with Gasteiger partial charge in [-0.05, 0) is 65.9 Å². The second-order valence-corrected chi connectivity index (χ2v) is 7.15. The number of nitrogens with zero attached hydrogens (tertiary/aromatic N) is 2. The van der Waals surface area contributed by atoms with Crippen molar-refractivity contribution < 1.29 is 19.9 Å². The third kappa shape index (κ3) is 2.56. The van der Waals surface area contributed by atoms with Crippen LogP contribution in [-0.4, -0.2) is 53.3 Å². The number of likely N-dealkylation sites (N-methyl/N-ethyl adjacent to an activating group) is 1. The molecule has 1 amide bonds. The van der Waals surface area contributed by atoms with Crippen molar-refractivity contribution in [1.82, 2.24) is 14.8 Å². The van der Waals surface area contributed by atoms with Gasteiger partial charge in [0.15, 0.2) is 0 Å². The predicted molar refractivity (Wildman–Crippen MR) is 106 cm³/mol. The third-order valence-electron chi connectivity index (χ3n) is 5.03. The Morgan fingerprint density at radius 3 is 3.08 bits per heavy atom. The smallest absolute Gasteiger partial charge is 0.230 e. The second kappa shape index (κ2) is 6.29. The van der Waals surface area contributed by atoms with Crippen molar-refractivity contribution in [1.29, 1.82) is 0 Å². The van der Waals surface area contributed by atoms with E-state index in [0.29, 0.717) is 23.1 Å². The topological polar surface area (TPSA) is 39.3 Å². The summed E-state index contributed by atoms with van der Waals surface area (Å²) >= 11 is 3.53. The lowest BCUT2D eigenvalue weighted by molar-refractivity contribution is -0.134. The number of carbonyl (C=O) groups excluding carboxylic acids is 1. The first-order chi connectivity index (χ1) is 16.3. The Morgan fingerprint density at radius 2 is 2.32 bits per heavy atom. The highest BCUT2D eigenvalue weighted by atomic mass is 79.9. The molecular weight excluding hydrogens is 378 g/mol. The Morgan fingerprint density at radius 1 is 1.52 bits per heavy atom. The molecule has 2 aliphatic rings.